The number of alkyl halides is 3. The summed E-state index contributed by atoms with van der Waals surface area (Å²) in [5.41, 5.74) is -0.0686. The second-order valence-corrected chi connectivity index (χ2v) is 6.89. The first-order chi connectivity index (χ1) is 14.2. The Kier molecular flexibility index (Phi) is 8.65. The molecule has 0 saturated carbocycles. The topological polar surface area (TPSA) is 52.1 Å². The van der Waals surface area contributed by atoms with Gasteiger partial charge in [0.25, 0.3) is 0 Å². The van der Waals surface area contributed by atoms with E-state index in [-0.39, 0.29) is 16.1 Å². The van der Waals surface area contributed by atoms with Gasteiger partial charge >= 0.3 is 6.18 Å². The summed E-state index contributed by atoms with van der Waals surface area (Å²) in [7, 11) is 0. The fourth-order valence-corrected chi connectivity index (χ4v) is 2.27. The van der Waals surface area contributed by atoms with E-state index in [1.807, 2.05) is 0 Å². The molecule has 3 aromatic rings. The van der Waals surface area contributed by atoms with Gasteiger partial charge in [0.1, 0.15) is 16.5 Å². The van der Waals surface area contributed by atoms with Gasteiger partial charge in [-0.15, -0.1) is 0 Å². The van der Waals surface area contributed by atoms with E-state index >= 15 is 0 Å². The monoisotopic (exact) mass is 474 g/mol. The van der Waals surface area contributed by atoms with Gasteiger partial charge < -0.3 is 4.74 Å². The number of hydrogen-bond donors (Lipinski definition) is 0. The van der Waals surface area contributed by atoms with Gasteiger partial charge in [0, 0.05) is 28.9 Å². The van der Waals surface area contributed by atoms with Crippen molar-refractivity contribution in [3.8, 4) is 23.0 Å². The van der Waals surface area contributed by atoms with Crippen molar-refractivity contribution in [1.29, 1.82) is 0 Å². The van der Waals surface area contributed by atoms with Crippen LogP contribution in [0.5, 0.6) is 11.6 Å². The van der Waals surface area contributed by atoms with E-state index in [1.54, 1.807) is 24.3 Å². The van der Waals surface area contributed by atoms with Crippen LogP contribution in [0.2, 0.25) is 5.02 Å². The van der Waals surface area contributed by atoms with Crippen molar-refractivity contribution in [2.45, 2.75) is 6.18 Å². The van der Waals surface area contributed by atoms with Gasteiger partial charge in [-0.1, -0.05) is 40.9 Å². The SMILES string of the molecule is FC(F)(F)c1cccc(Oc2ccnc(-c3ccc(Cl)cc3)n2)c1.O=CC=C(Cl)Cl. The van der Waals surface area contributed by atoms with E-state index in [0.29, 0.717) is 22.7 Å². The van der Waals surface area contributed by atoms with Gasteiger partial charge in [-0.2, -0.15) is 18.2 Å². The van der Waals surface area contributed by atoms with Crippen LogP contribution in [0, 0.1) is 0 Å². The van der Waals surface area contributed by atoms with Crippen LogP contribution in [-0.2, 0) is 11.0 Å². The zero-order valence-electron chi connectivity index (χ0n) is 14.9. The zero-order chi connectivity index (χ0) is 22.1. The highest BCUT2D eigenvalue weighted by Gasteiger charge is 2.30. The maximum Gasteiger partial charge on any atom is 0.416 e. The predicted octanol–water partition coefficient (Wildman–Crippen LogP) is 7.11. The Morgan fingerprint density at radius 1 is 1.03 bits per heavy atom. The Balaban J connectivity index is 0.000000469. The second-order valence-electron chi connectivity index (χ2n) is 5.45. The van der Waals surface area contributed by atoms with Crippen molar-refractivity contribution < 1.29 is 22.7 Å². The number of aromatic nitrogens is 2. The van der Waals surface area contributed by atoms with E-state index in [0.717, 1.165) is 18.2 Å². The smallest absolute Gasteiger partial charge is 0.416 e. The Bertz CT molecular complexity index is 1020. The van der Waals surface area contributed by atoms with Crippen molar-refractivity contribution >= 4 is 41.1 Å². The molecule has 0 aliphatic heterocycles. The van der Waals surface area contributed by atoms with Crippen LogP contribution in [-0.4, -0.2) is 16.3 Å². The zero-order valence-corrected chi connectivity index (χ0v) is 17.2. The van der Waals surface area contributed by atoms with Crippen LogP contribution in [0.4, 0.5) is 13.2 Å². The summed E-state index contributed by atoms with van der Waals surface area (Å²) in [4.78, 5) is 17.7. The van der Waals surface area contributed by atoms with E-state index < -0.39 is 11.7 Å². The highest BCUT2D eigenvalue weighted by Crippen LogP contribution is 2.32. The molecule has 2 aromatic carbocycles. The average molecular weight is 476 g/mol. The fourth-order valence-electron chi connectivity index (χ4n) is 2.05. The molecule has 0 amide bonds. The number of halogens is 6. The molecule has 1 heterocycles. The molecule has 10 heteroatoms. The number of rotatable bonds is 4. The molecule has 0 aliphatic rings. The molecule has 0 bridgehead atoms. The van der Waals surface area contributed by atoms with Crippen LogP contribution in [0.1, 0.15) is 5.56 Å². The number of benzene rings is 2. The minimum Gasteiger partial charge on any atom is -0.439 e. The normalized spacial score (nSPS) is 10.5. The lowest BCUT2D eigenvalue weighted by atomic mass is 10.2. The molecule has 0 N–H and O–H groups in total. The summed E-state index contributed by atoms with van der Waals surface area (Å²) in [6.07, 6.45) is -1.38. The number of allylic oxidation sites excluding steroid dienone is 1. The van der Waals surface area contributed by atoms with Gasteiger partial charge in [-0.25, -0.2) is 4.98 Å². The molecule has 4 nitrogen and oxygen atoms in total. The quantitative estimate of drug-likeness (QED) is 0.298. The molecule has 0 saturated heterocycles. The van der Waals surface area contributed by atoms with E-state index in [1.165, 1.54) is 24.4 Å². The number of hydrogen-bond acceptors (Lipinski definition) is 4. The number of carbonyl (C=O) groups is 1. The highest BCUT2D eigenvalue weighted by atomic mass is 35.5. The third-order valence-electron chi connectivity index (χ3n) is 3.31. The van der Waals surface area contributed by atoms with E-state index in [9.17, 15) is 18.0 Å². The van der Waals surface area contributed by atoms with E-state index in [4.69, 9.17) is 39.5 Å². The molecule has 0 spiro atoms. The molecule has 0 aliphatic carbocycles. The molecule has 0 fully saturated rings. The summed E-state index contributed by atoms with van der Waals surface area (Å²) in [5, 5.41) is 0.579. The second kappa shape index (κ2) is 11.0. The minimum atomic E-state index is -4.43. The van der Waals surface area contributed by atoms with Crippen molar-refractivity contribution in [2.75, 3.05) is 0 Å². The molecule has 3 rings (SSSR count). The van der Waals surface area contributed by atoms with Gasteiger partial charge in [-0.3, -0.25) is 4.79 Å². The molecule has 1 aromatic heterocycles. The van der Waals surface area contributed by atoms with Crippen LogP contribution < -0.4 is 4.74 Å². The van der Waals surface area contributed by atoms with Crippen LogP contribution in [0.25, 0.3) is 11.4 Å². The Morgan fingerprint density at radius 2 is 1.73 bits per heavy atom. The van der Waals surface area contributed by atoms with Crippen molar-refractivity contribution in [1.82, 2.24) is 9.97 Å². The van der Waals surface area contributed by atoms with Gasteiger partial charge in [-0.05, 0) is 42.5 Å². The molecule has 0 unspecified atom stereocenters. The van der Waals surface area contributed by atoms with E-state index in [2.05, 4.69) is 9.97 Å². The molecular formula is C20H12Cl3F3N2O2. The lowest BCUT2D eigenvalue weighted by molar-refractivity contribution is -0.137. The first kappa shape index (κ1) is 23.7. The van der Waals surface area contributed by atoms with Crippen molar-refractivity contribution in [2.24, 2.45) is 0 Å². The Labute approximate surface area is 184 Å². The maximum absolute atomic E-state index is 12.7. The predicted molar refractivity (Wildman–Crippen MR) is 110 cm³/mol. The van der Waals surface area contributed by atoms with Crippen LogP contribution in [0.15, 0.2) is 71.4 Å². The average Bonchev–Trinajstić information content (AvgIpc) is 2.69. The Hall–Kier alpha value is -2.61. The molecule has 0 atom stereocenters. The Morgan fingerprint density at radius 3 is 2.30 bits per heavy atom. The number of aldehydes is 1. The number of nitrogens with zero attached hydrogens (tertiary/aromatic N) is 2. The lowest BCUT2D eigenvalue weighted by Crippen LogP contribution is -2.04. The van der Waals surface area contributed by atoms with Crippen molar-refractivity contribution in [3.63, 3.8) is 0 Å². The third-order valence-corrected chi connectivity index (χ3v) is 3.81. The largest absolute Gasteiger partial charge is 0.439 e. The molecule has 156 valence electrons. The van der Waals surface area contributed by atoms with Gasteiger partial charge in [0.2, 0.25) is 5.88 Å². The summed E-state index contributed by atoms with van der Waals surface area (Å²) in [6, 6.07) is 13.0. The summed E-state index contributed by atoms with van der Waals surface area (Å²) in [5.74, 6) is 0.580. The third kappa shape index (κ3) is 7.67. The summed E-state index contributed by atoms with van der Waals surface area (Å²) < 4.78 is 43.6. The fraction of sp³-hybridized carbons (Fsp3) is 0.0500. The standard InChI is InChI=1S/C17H10ClF3N2O.C3H2Cl2O/c18-13-6-4-11(5-7-13)16-22-9-8-15(23-16)24-14-3-1-2-12(10-14)17(19,20)21;4-3(5)1-2-6/h1-10H;1-2H. The minimum absolute atomic E-state index is 0.00926. The van der Waals surface area contributed by atoms with Gasteiger partial charge in [0.05, 0.1) is 5.56 Å². The van der Waals surface area contributed by atoms with Gasteiger partial charge in [0.15, 0.2) is 5.82 Å². The highest BCUT2D eigenvalue weighted by molar-refractivity contribution is 6.56. The van der Waals surface area contributed by atoms with Crippen LogP contribution >= 0.6 is 34.8 Å². The summed E-state index contributed by atoms with van der Waals surface area (Å²) >= 11 is 15.8. The lowest BCUT2D eigenvalue weighted by Gasteiger charge is -2.10. The molecular weight excluding hydrogens is 464 g/mol. The first-order valence-corrected chi connectivity index (χ1v) is 9.23. The number of ether oxygens (including phenoxy) is 1. The van der Waals surface area contributed by atoms with Crippen LogP contribution in [0.3, 0.4) is 0 Å². The van der Waals surface area contributed by atoms with Crippen molar-refractivity contribution in [3.05, 3.63) is 81.9 Å². The molecule has 0 radical (unpaired) electrons. The molecule has 30 heavy (non-hydrogen) atoms. The number of carbonyl (C=O) groups excluding carboxylic acids is 1. The first-order valence-electron chi connectivity index (χ1n) is 8.09. The maximum atomic E-state index is 12.7. The summed E-state index contributed by atoms with van der Waals surface area (Å²) in [6.45, 7) is 0.